The maximum absolute atomic E-state index is 11.3. The van der Waals surface area contributed by atoms with Crippen molar-refractivity contribution in [2.45, 2.75) is 11.7 Å². The van der Waals surface area contributed by atoms with Crippen LogP contribution < -0.4 is 18.9 Å². The third-order valence-corrected chi connectivity index (χ3v) is 4.93. The average Bonchev–Trinajstić information content (AvgIpc) is 3.28. The Morgan fingerprint density at radius 1 is 0.958 bits per heavy atom. The molecule has 120 valence electrons. The van der Waals surface area contributed by atoms with Crippen LogP contribution in [0.25, 0.3) is 11.0 Å². The van der Waals surface area contributed by atoms with E-state index in [0.717, 1.165) is 16.5 Å². The molecule has 1 N–H and O–H groups in total. The Bertz CT molecular complexity index is 1010. The summed E-state index contributed by atoms with van der Waals surface area (Å²) in [6.45, 7) is 0.279. The maximum atomic E-state index is 11.3. The predicted molar refractivity (Wildman–Crippen MR) is 81.5 cm³/mol. The molecule has 0 fully saturated rings. The van der Waals surface area contributed by atoms with E-state index in [9.17, 15) is 5.11 Å². The van der Waals surface area contributed by atoms with Gasteiger partial charge in [0.2, 0.25) is 6.79 Å². The van der Waals surface area contributed by atoms with E-state index >= 15 is 0 Å². The normalized spacial score (nSPS) is 25.6. The molecule has 2 aromatic carbocycles. The average molecular weight is 324 g/mol. The Morgan fingerprint density at radius 3 is 2.75 bits per heavy atom. The highest BCUT2D eigenvalue weighted by molar-refractivity contribution is 5.80. The number of benzene rings is 2. The van der Waals surface area contributed by atoms with E-state index in [1.165, 1.54) is 0 Å². The summed E-state index contributed by atoms with van der Waals surface area (Å²) in [5.41, 5.74) is 0.946. The third kappa shape index (κ3) is 1.40. The second-order valence-electron chi connectivity index (χ2n) is 6.26. The lowest BCUT2D eigenvalue weighted by atomic mass is 9.84. The fraction of sp³-hybridized carbons (Fsp3) is 0.222. The lowest BCUT2D eigenvalue weighted by Crippen LogP contribution is -2.41. The van der Waals surface area contributed by atoms with Crippen LogP contribution in [0.5, 0.6) is 23.0 Å². The molecule has 6 rings (SSSR count). The molecule has 1 aromatic heterocycles. The highest BCUT2D eigenvalue weighted by Gasteiger charge is 2.53. The molecule has 24 heavy (non-hydrogen) atoms. The molecule has 6 nitrogen and oxygen atoms in total. The lowest BCUT2D eigenvalue weighted by molar-refractivity contribution is -0.0863. The molecule has 3 aliphatic rings. The largest absolute Gasteiger partial charge is 0.489 e. The molecule has 2 unspecified atom stereocenters. The van der Waals surface area contributed by atoms with Gasteiger partial charge in [0.15, 0.2) is 23.2 Å². The lowest BCUT2D eigenvalue weighted by Gasteiger charge is -2.34. The number of rotatable bonds is 0. The Hall–Kier alpha value is -2.86. The van der Waals surface area contributed by atoms with Crippen LogP contribution in [0, 0.1) is 0 Å². The summed E-state index contributed by atoms with van der Waals surface area (Å²) in [4.78, 5) is 0. The van der Waals surface area contributed by atoms with Crippen molar-refractivity contribution in [2.24, 2.45) is 0 Å². The number of hydrogen-bond donors (Lipinski definition) is 1. The molecule has 0 saturated heterocycles. The number of aliphatic hydroxyl groups is 1. The van der Waals surface area contributed by atoms with Crippen molar-refractivity contribution in [1.29, 1.82) is 0 Å². The van der Waals surface area contributed by atoms with Gasteiger partial charge in [-0.15, -0.1) is 0 Å². The zero-order valence-corrected chi connectivity index (χ0v) is 12.4. The van der Waals surface area contributed by atoms with Crippen LogP contribution in [0.15, 0.2) is 41.0 Å². The molecular formula is C18H12O6. The Labute approximate surface area is 136 Å². The third-order valence-electron chi connectivity index (χ3n) is 4.93. The molecule has 0 bridgehead atoms. The zero-order valence-electron chi connectivity index (χ0n) is 12.4. The van der Waals surface area contributed by atoms with Crippen LogP contribution in [0.2, 0.25) is 0 Å². The fourth-order valence-electron chi connectivity index (χ4n) is 3.73. The number of fused-ring (bicyclic) bond motifs is 7. The van der Waals surface area contributed by atoms with Gasteiger partial charge in [-0.1, -0.05) is 0 Å². The SMILES string of the molecule is OC12COc3cc4occc4cc3C1Oc1cc3c(cc12)OCO3. The van der Waals surface area contributed by atoms with Gasteiger partial charge < -0.3 is 28.5 Å². The van der Waals surface area contributed by atoms with Crippen LogP contribution in [-0.4, -0.2) is 18.5 Å². The van der Waals surface area contributed by atoms with E-state index in [-0.39, 0.29) is 13.4 Å². The first kappa shape index (κ1) is 12.5. The van der Waals surface area contributed by atoms with Gasteiger partial charge in [0, 0.05) is 28.6 Å². The highest BCUT2D eigenvalue weighted by Crippen LogP contribution is 2.56. The Balaban J connectivity index is 1.55. The molecule has 0 saturated carbocycles. The highest BCUT2D eigenvalue weighted by atomic mass is 16.7. The van der Waals surface area contributed by atoms with E-state index in [0.29, 0.717) is 28.6 Å². The minimum Gasteiger partial charge on any atom is -0.489 e. The Kier molecular flexibility index (Phi) is 2.07. The van der Waals surface area contributed by atoms with Crippen molar-refractivity contribution >= 4 is 11.0 Å². The van der Waals surface area contributed by atoms with Crippen LogP contribution in [0.1, 0.15) is 17.2 Å². The first-order valence-electron chi connectivity index (χ1n) is 7.69. The second kappa shape index (κ2) is 3.96. The summed E-state index contributed by atoms with van der Waals surface area (Å²) in [5.74, 6) is 2.50. The maximum Gasteiger partial charge on any atom is 0.231 e. The zero-order chi connectivity index (χ0) is 15.9. The quantitative estimate of drug-likeness (QED) is 0.686. The Morgan fingerprint density at radius 2 is 1.83 bits per heavy atom. The predicted octanol–water partition coefficient (Wildman–Crippen LogP) is 2.88. The molecular weight excluding hydrogens is 312 g/mol. The van der Waals surface area contributed by atoms with E-state index in [2.05, 4.69) is 0 Å². The number of furan rings is 1. The van der Waals surface area contributed by atoms with Gasteiger partial charge in [0.1, 0.15) is 23.7 Å². The summed E-state index contributed by atoms with van der Waals surface area (Å²) < 4.78 is 28.2. The molecule has 0 spiro atoms. The topological polar surface area (TPSA) is 70.3 Å². The van der Waals surface area contributed by atoms with Crippen LogP contribution in [0.3, 0.4) is 0 Å². The number of hydrogen-bond acceptors (Lipinski definition) is 6. The van der Waals surface area contributed by atoms with E-state index < -0.39 is 11.7 Å². The van der Waals surface area contributed by atoms with Crippen molar-refractivity contribution in [3.05, 3.63) is 47.7 Å². The molecule has 3 aliphatic heterocycles. The van der Waals surface area contributed by atoms with Crippen molar-refractivity contribution in [3.8, 4) is 23.0 Å². The smallest absolute Gasteiger partial charge is 0.231 e. The van der Waals surface area contributed by atoms with Gasteiger partial charge in [-0.25, -0.2) is 0 Å². The molecule has 0 amide bonds. The van der Waals surface area contributed by atoms with Crippen molar-refractivity contribution in [2.75, 3.05) is 13.4 Å². The molecule has 2 atom stereocenters. The van der Waals surface area contributed by atoms with Gasteiger partial charge >= 0.3 is 0 Å². The summed E-state index contributed by atoms with van der Waals surface area (Å²) in [5, 5.41) is 12.2. The minimum atomic E-state index is -1.26. The van der Waals surface area contributed by atoms with Crippen LogP contribution in [0.4, 0.5) is 0 Å². The summed E-state index contributed by atoms with van der Waals surface area (Å²) in [6, 6.07) is 9.20. The summed E-state index contributed by atoms with van der Waals surface area (Å²) in [7, 11) is 0. The van der Waals surface area contributed by atoms with Crippen molar-refractivity contribution in [3.63, 3.8) is 0 Å². The van der Waals surface area contributed by atoms with Crippen molar-refractivity contribution in [1.82, 2.24) is 0 Å². The van der Waals surface area contributed by atoms with Gasteiger partial charge in [-0.2, -0.15) is 0 Å². The van der Waals surface area contributed by atoms with Gasteiger partial charge in [-0.05, 0) is 18.2 Å². The summed E-state index contributed by atoms with van der Waals surface area (Å²) in [6.07, 6.45) is 1.09. The van der Waals surface area contributed by atoms with Crippen LogP contribution >= 0.6 is 0 Å². The van der Waals surface area contributed by atoms with E-state index in [4.69, 9.17) is 23.4 Å². The fourth-order valence-corrected chi connectivity index (χ4v) is 3.73. The molecule has 0 radical (unpaired) electrons. The van der Waals surface area contributed by atoms with Crippen LogP contribution in [-0.2, 0) is 5.60 Å². The first-order chi connectivity index (χ1) is 11.7. The minimum absolute atomic E-state index is 0.101. The van der Waals surface area contributed by atoms with E-state index in [1.54, 1.807) is 18.4 Å². The standard InChI is InChI=1S/C18H12O6/c19-18-7-21-13-5-12-9(1-2-20-12)3-10(13)17(18)24-14-6-16-15(4-11(14)18)22-8-23-16/h1-6,17,19H,7-8H2. The monoisotopic (exact) mass is 324 g/mol. The van der Waals surface area contributed by atoms with Gasteiger partial charge in [0.05, 0.1) is 6.26 Å². The first-order valence-corrected chi connectivity index (χ1v) is 7.69. The van der Waals surface area contributed by atoms with E-state index in [1.807, 2.05) is 18.2 Å². The molecule has 3 aromatic rings. The number of ether oxygens (including phenoxy) is 4. The summed E-state index contributed by atoms with van der Waals surface area (Å²) >= 11 is 0. The van der Waals surface area contributed by atoms with Gasteiger partial charge in [-0.3, -0.25) is 0 Å². The molecule has 6 heteroatoms. The van der Waals surface area contributed by atoms with Crippen molar-refractivity contribution < 1.29 is 28.5 Å². The molecule has 4 heterocycles. The second-order valence-corrected chi connectivity index (χ2v) is 6.26. The molecule has 0 aliphatic carbocycles. The van der Waals surface area contributed by atoms with Gasteiger partial charge in [0.25, 0.3) is 0 Å².